The van der Waals surface area contributed by atoms with Gasteiger partial charge in [0.15, 0.2) is 0 Å². The molecule has 0 radical (unpaired) electrons. The van der Waals surface area contributed by atoms with Crippen LogP contribution >= 0.6 is 0 Å². The summed E-state index contributed by atoms with van der Waals surface area (Å²) in [7, 11) is 0. The van der Waals surface area contributed by atoms with Crippen molar-refractivity contribution < 1.29 is 4.79 Å². The molecule has 1 aromatic rings. The summed E-state index contributed by atoms with van der Waals surface area (Å²) in [5, 5.41) is 6.29. The molecular formula is C13H19N3O. The number of nitrogens with zero attached hydrogens (tertiary/aromatic N) is 1. The van der Waals surface area contributed by atoms with Crippen LogP contribution in [0.3, 0.4) is 0 Å². The SMILES string of the molecule is Cc1cccc(C(=O)NCCCNC2CC2)n1. The lowest BCUT2D eigenvalue weighted by Gasteiger charge is -2.05. The van der Waals surface area contributed by atoms with Gasteiger partial charge in [0.2, 0.25) is 0 Å². The molecule has 0 bridgehead atoms. The highest BCUT2D eigenvalue weighted by Crippen LogP contribution is 2.18. The Morgan fingerprint density at radius 2 is 2.24 bits per heavy atom. The lowest BCUT2D eigenvalue weighted by atomic mass is 10.3. The van der Waals surface area contributed by atoms with Crippen LogP contribution in [0.25, 0.3) is 0 Å². The zero-order chi connectivity index (χ0) is 12.1. The van der Waals surface area contributed by atoms with Crippen LogP contribution < -0.4 is 10.6 Å². The molecule has 1 aromatic heterocycles. The zero-order valence-electron chi connectivity index (χ0n) is 10.2. The number of rotatable bonds is 6. The average Bonchev–Trinajstić information content (AvgIpc) is 3.12. The molecule has 0 spiro atoms. The highest BCUT2D eigenvalue weighted by atomic mass is 16.1. The number of pyridine rings is 1. The lowest BCUT2D eigenvalue weighted by molar-refractivity contribution is 0.0948. The normalized spacial score (nSPS) is 14.6. The van der Waals surface area contributed by atoms with Crippen molar-refractivity contribution in [3.8, 4) is 0 Å². The van der Waals surface area contributed by atoms with Gasteiger partial charge in [-0.3, -0.25) is 4.79 Å². The van der Waals surface area contributed by atoms with Crippen LogP contribution in [-0.2, 0) is 0 Å². The summed E-state index contributed by atoms with van der Waals surface area (Å²) in [6.07, 6.45) is 3.58. The fraction of sp³-hybridized carbons (Fsp3) is 0.538. The molecule has 2 rings (SSSR count). The Hall–Kier alpha value is -1.42. The van der Waals surface area contributed by atoms with E-state index in [1.165, 1.54) is 12.8 Å². The second-order valence-corrected chi connectivity index (χ2v) is 4.50. The minimum atomic E-state index is -0.0832. The van der Waals surface area contributed by atoms with Gasteiger partial charge in [0.25, 0.3) is 5.91 Å². The quantitative estimate of drug-likeness (QED) is 0.727. The fourth-order valence-corrected chi connectivity index (χ4v) is 1.64. The van der Waals surface area contributed by atoms with Gasteiger partial charge in [-0.25, -0.2) is 4.98 Å². The molecule has 1 amide bonds. The van der Waals surface area contributed by atoms with Gasteiger partial charge in [-0.15, -0.1) is 0 Å². The van der Waals surface area contributed by atoms with Gasteiger partial charge in [0, 0.05) is 18.3 Å². The van der Waals surface area contributed by atoms with Crippen molar-refractivity contribution in [2.24, 2.45) is 0 Å². The van der Waals surface area contributed by atoms with Crippen molar-refractivity contribution in [3.63, 3.8) is 0 Å². The van der Waals surface area contributed by atoms with Crippen LogP contribution in [0, 0.1) is 6.92 Å². The standard InChI is InChI=1S/C13H19N3O/c1-10-4-2-5-12(16-10)13(17)15-9-3-8-14-11-6-7-11/h2,4-5,11,14H,3,6-9H2,1H3,(H,15,17). The van der Waals surface area contributed by atoms with Crippen LogP contribution in [0.2, 0.25) is 0 Å². The molecule has 0 aliphatic heterocycles. The first-order valence-corrected chi connectivity index (χ1v) is 6.21. The summed E-state index contributed by atoms with van der Waals surface area (Å²) in [6.45, 7) is 3.57. The van der Waals surface area contributed by atoms with E-state index in [4.69, 9.17) is 0 Å². The molecule has 92 valence electrons. The fourth-order valence-electron chi connectivity index (χ4n) is 1.64. The van der Waals surface area contributed by atoms with E-state index in [9.17, 15) is 4.79 Å². The first kappa shape index (κ1) is 12.0. The third-order valence-corrected chi connectivity index (χ3v) is 2.77. The van der Waals surface area contributed by atoms with E-state index in [2.05, 4.69) is 15.6 Å². The summed E-state index contributed by atoms with van der Waals surface area (Å²) in [5.41, 5.74) is 1.37. The number of amides is 1. The molecular weight excluding hydrogens is 214 g/mol. The van der Waals surface area contributed by atoms with E-state index in [-0.39, 0.29) is 5.91 Å². The Kier molecular flexibility index (Phi) is 4.09. The van der Waals surface area contributed by atoms with Gasteiger partial charge in [-0.2, -0.15) is 0 Å². The number of aromatic nitrogens is 1. The predicted molar refractivity (Wildman–Crippen MR) is 66.9 cm³/mol. The molecule has 4 nitrogen and oxygen atoms in total. The Labute approximate surface area is 102 Å². The minimum Gasteiger partial charge on any atom is -0.351 e. The number of hydrogen-bond donors (Lipinski definition) is 2. The molecule has 0 aromatic carbocycles. The molecule has 2 N–H and O–H groups in total. The second-order valence-electron chi connectivity index (χ2n) is 4.50. The van der Waals surface area contributed by atoms with E-state index in [1.54, 1.807) is 6.07 Å². The number of nitrogens with one attached hydrogen (secondary N) is 2. The van der Waals surface area contributed by atoms with Crippen LogP contribution in [0.5, 0.6) is 0 Å². The highest BCUT2D eigenvalue weighted by Gasteiger charge is 2.19. The monoisotopic (exact) mass is 233 g/mol. The van der Waals surface area contributed by atoms with Gasteiger partial charge < -0.3 is 10.6 Å². The average molecular weight is 233 g/mol. The Morgan fingerprint density at radius 3 is 2.94 bits per heavy atom. The van der Waals surface area contributed by atoms with Crippen LogP contribution in [0.15, 0.2) is 18.2 Å². The van der Waals surface area contributed by atoms with E-state index in [0.29, 0.717) is 12.2 Å². The third-order valence-electron chi connectivity index (χ3n) is 2.77. The Bertz CT molecular complexity index is 388. The van der Waals surface area contributed by atoms with Crippen molar-refractivity contribution in [1.82, 2.24) is 15.6 Å². The van der Waals surface area contributed by atoms with Gasteiger partial charge in [0.1, 0.15) is 5.69 Å². The van der Waals surface area contributed by atoms with Crippen molar-refractivity contribution in [3.05, 3.63) is 29.6 Å². The number of aryl methyl sites for hydroxylation is 1. The van der Waals surface area contributed by atoms with Gasteiger partial charge in [0.05, 0.1) is 0 Å². The van der Waals surface area contributed by atoms with Crippen LogP contribution in [-0.4, -0.2) is 30.0 Å². The smallest absolute Gasteiger partial charge is 0.269 e. The molecule has 0 saturated heterocycles. The lowest BCUT2D eigenvalue weighted by Crippen LogP contribution is -2.28. The Morgan fingerprint density at radius 1 is 1.41 bits per heavy atom. The van der Waals surface area contributed by atoms with Crippen molar-refractivity contribution in [1.29, 1.82) is 0 Å². The predicted octanol–water partition coefficient (Wildman–Crippen LogP) is 1.26. The topological polar surface area (TPSA) is 54.0 Å². The first-order chi connectivity index (χ1) is 8.25. The van der Waals surface area contributed by atoms with Crippen LogP contribution in [0.4, 0.5) is 0 Å². The van der Waals surface area contributed by atoms with Crippen LogP contribution in [0.1, 0.15) is 35.4 Å². The molecule has 4 heteroatoms. The molecule has 17 heavy (non-hydrogen) atoms. The van der Waals surface area contributed by atoms with E-state index >= 15 is 0 Å². The molecule has 1 aliphatic rings. The largest absolute Gasteiger partial charge is 0.351 e. The number of carbonyl (C=O) groups is 1. The van der Waals surface area contributed by atoms with Crippen molar-refractivity contribution in [2.45, 2.75) is 32.2 Å². The highest BCUT2D eigenvalue weighted by molar-refractivity contribution is 5.92. The maximum atomic E-state index is 11.7. The summed E-state index contributed by atoms with van der Waals surface area (Å²) < 4.78 is 0. The maximum Gasteiger partial charge on any atom is 0.269 e. The number of carbonyl (C=O) groups excluding carboxylic acids is 1. The summed E-state index contributed by atoms with van der Waals surface area (Å²) in [4.78, 5) is 15.9. The van der Waals surface area contributed by atoms with E-state index in [1.807, 2.05) is 19.1 Å². The maximum absolute atomic E-state index is 11.7. The van der Waals surface area contributed by atoms with Gasteiger partial charge >= 0.3 is 0 Å². The molecule has 0 unspecified atom stereocenters. The molecule has 1 aliphatic carbocycles. The number of hydrogen-bond acceptors (Lipinski definition) is 3. The zero-order valence-corrected chi connectivity index (χ0v) is 10.2. The summed E-state index contributed by atoms with van der Waals surface area (Å²) in [5.74, 6) is -0.0832. The van der Waals surface area contributed by atoms with Crippen molar-refractivity contribution in [2.75, 3.05) is 13.1 Å². The third kappa shape index (κ3) is 4.15. The molecule has 1 fully saturated rings. The Balaban J connectivity index is 1.65. The molecule has 1 saturated carbocycles. The second kappa shape index (κ2) is 5.77. The van der Waals surface area contributed by atoms with Gasteiger partial charge in [-0.05, 0) is 44.9 Å². The van der Waals surface area contributed by atoms with Gasteiger partial charge in [-0.1, -0.05) is 6.07 Å². The molecule has 1 heterocycles. The van der Waals surface area contributed by atoms with E-state index < -0.39 is 0 Å². The minimum absolute atomic E-state index is 0.0832. The summed E-state index contributed by atoms with van der Waals surface area (Å²) >= 11 is 0. The molecule has 0 atom stereocenters. The van der Waals surface area contributed by atoms with Crippen molar-refractivity contribution >= 4 is 5.91 Å². The van der Waals surface area contributed by atoms with E-state index in [0.717, 1.165) is 24.7 Å². The summed E-state index contributed by atoms with van der Waals surface area (Å²) in [6, 6.07) is 6.22. The first-order valence-electron chi connectivity index (χ1n) is 6.21.